The van der Waals surface area contributed by atoms with Gasteiger partial charge >= 0.3 is 0 Å². The highest BCUT2D eigenvalue weighted by Crippen LogP contribution is 2.21. The van der Waals surface area contributed by atoms with Gasteiger partial charge in [-0.3, -0.25) is 4.79 Å². The summed E-state index contributed by atoms with van der Waals surface area (Å²) in [5, 5.41) is 0. The van der Waals surface area contributed by atoms with E-state index in [9.17, 15) is 4.79 Å². The number of ether oxygens (including phenoxy) is 1. The molecular formula is C25H35NO2. The molecule has 0 aromatic heterocycles. The number of aldehydes is 1. The summed E-state index contributed by atoms with van der Waals surface area (Å²) in [4.78, 5) is 11.8. The molecule has 0 N–H and O–H groups in total. The first-order valence-corrected chi connectivity index (χ1v) is 9.95. The van der Waals surface area contributed by atoms with E-state index >= 15 is 0 Å². The lowest BCUT2D eigenvalue weighted by molar-refractivity contribution is -0.105. The second-order valence-corrected chi connectivity index (χ2v) is 7.30. The predicted molar refractivity (Wildman–Crippen MR) is 120 cm³/mol. The molecule has 3 heteroatoms. The van der Waals surface area contributed by atoms with Crippen LogP contribution in [0.25, 0.3) is 11.1 Å². The maximum Gasteiger partial charge on any atom is 0.146 e. The van der Waals surface area contributed by atoms with Crippen molar-refractivity contribution >= 4 is 6.29 Å². The van der Waals surface area contributed by atoms with Gasteiger partial charge in [0.05, 0.1) is 6.61 Å². The van der Waals surface area contributed by atoms with Crippen molar-refractivity contribution in [3.05, 3.63) is 71.8 Å². The van der Waals surface area contributed by atoms with Crippen molar-refractivity contribution in [2.75, 3.05) is 27.7 Å². The molecule has 0 heterocycles. The van der Waals surface area contributed by atoms with Gasteiger partial charge in [0.2, 0.25) is 0 Å². The second-order valence-electron chi connectivity index (χ2n) is 7.30. The summed E-state index contributed by atoms with van der Waals surface area (Å²) in [7, 11) is 5.52. The molecule has 0 radical (unpaired) electrons. The molecule has 0 spiro atoms. The SMILES string of the molecule is C=C(C=O)CN(C)C.CCCCCc1ccc(-c2ccc(COC)cc2)cc1. The van der Waals surface area contributed by atoms with E-state index in [1.54, 1.807) is 7.11 Å². The molecule has 28 heavy (non-hydrogen) atoms. The molecule has 0 aliphatic heterocycles. The lowest BCUT2D eigenvalue weighted by Crippen LogP contribution is -2.14. The molecule has 2 aromatic carbocycles. The number of hydrogen-bond acceptors (Lipinski definition) is 3. The van der Waals surface area contributed by atoms with Crippen molar-refractivity contribution in [2.45, 2.75) is 39.2 Å². The van der Waals surface area contributed by atoms with E-state index in [1.165, 1.54) is 47.9 Å². The largest absolute Gasteiger partial charge is 0.380 e. The van der Waals surface area contributed by atoms with E-state index < -0.39 is 0 Å². The Labute approximate surface area is 171 Å². The van der Waals surface area contributed by atoms with Gasteiger partial charge in [0.15, 0.2) is 0 Å². The topological polar surface area (TPSA) is 29.5 Å². The summed E-state index contributed by atoms with van der Waals surface area (Å²) >= 11 is 0. The van der Waals surface area contributed by atoms with E-state index in [4.69, 9.17) is 4.74 Å². The Morgan fingerprint density at radius 2 is 1.50 bits per heavy atom. The fourth-order valence-corrected chi connectivity index (χ4v) is 2.85. The average molecular weight is 382 g/mol. The standard InChI is InChI=1S/C19H24O.C6H11NO/c1-3-4-5-6-16-7-11-18(12-8-16)19-13-9-17(10-14-19)15-20-2;1-6(5-8)4-7(2)3/h7-14H,3-6,15H2,1-2H3;5H,1,4H2,2-3H3. The normalized spacial score (nSPS) is 10.3. The van der Waals surface area contributed by atoms with E-state index in [1.807, 2.05) is 19.0 Å². The van der Waals surface area contributed by atoms with Crippen molar-refractivity contribution in [3.8, 4) is 11.1 Å². The summed E-state index contributed by atoms with van der Waals surface area (Å²) in [6.45, 7) is 7.08. The maximum atomic E-state index is 9.91. The van der Waals surface area contributed by atoms with Crippen LogP contribution >= 0.6 is 0 Å². The summed E-state index contributed by atoms with van der Waals surface area (Å²) in [6.07, 6.45) is 5.87. The Balaban J connectivity index is 0.000000416. The molecule has 0 saturated heterocycles. The molecule has 2 aromatic rings. The minimum Gasteiger partial charge on any atom is -0.380 e. The van der Waals surface area contributed by atoms with Gasteiger partial charge in [-0.2, -0.15) is 0 Å². The molecule has 3 nitrogen and oxygen atoms in total. The first kappa shape index (κ1) is 23.8. The summed E-state index contributed by atoms with van der Waals surface area (Å²) < 4.78 is 5.14. The molecule has 0 bridgehead atoms. The minimum absolute atomic E-state index is 0.620. The zero-order valence-corrected chi connectivity index (χ0v) is 17.9. The van der Waals surface area contributed by atoms with Crippen LogP contribution in [0.5, 0.6) is 0 Å². The number of rotatable bonds is 10. The molecule has 0 amide bonds. The van der Waals surface area contributed by atoms with Crippen LogP contribution in [0.1, 0.15) is 37.3 Å². The Bertz CT molecular complexity index is 687. The van der Waals surface area contributed by atoms with Crippen LogP contribution in [-0.2, 0) is 22.6 Å². The molecule has 152 valence electrons. The van der Waals surface area contributed by atoms with Gasteiger partial charge in [-0.05, 0) is 54.8 Å². The number of carbonyl (C=O) groups excluding carboxylic acids is 1. The number of hydrogen-bond donors (Lipinski definition) is 0. The fraction of sp³-hybridized carbons (Fsp3) is 0.400. The molecule has 0 saturated carbocycles. The highest BCUT2D eigenvalue weighted by atomic mass is 16.5. The van der Waals surface area contributed by atoms with Crippen LogP contribution in [-0.4, -0.2) is 38.9 Å². The van der Waals surface area contributed by atoms with Gasteiger partial charge in [-0.25, -0.2) is 0 Å². The van der Waals surface area contributed by atoms with Gasteiger partial charge in [0.25, 0.3) is 0 Å². The Morgan fingerprint density at radius 3 is 1.89 bits per heavy atom. The highest BCUT2D eigenvalue weighted by Gasteiger charge is 1.99. The van der Waals surface area contributed by atoms with E-state index in [2.05, 4.69) is 62.0 Å². The quantitative estimate of drug-likeness (QED) is 0.308. The number of benzene rings is 2. The lowest BCUT2D eigenvalue weighted by Gasteiger charge is -2.06. The second kappa shape index (κ2) is 13.9. The molecule has 0 fully saturated rings. The van der Waals surface area contributed by atoms with Crippen LogP contribution in [0, 0.1) is 0 Å². The minimum atomic E-state index is 0.620. The Kier molecular flexibility index (Phi) is 11.8. The number of carbonyl (C=O) groups is 1. The number of nitrogens with zero attached hydrogens (tertiary/aromatic N) is 1. The average Bonchev–Trinajstić information content (AvgIpc) is 2.69. The van der Waals surface area contributed by atoms with Crippen molar-refractivity contribution < 1.29 is 9.53 Å². The number of aryl methyl sites for hydroxylation is 1. The van der Waals surface area contributed by atoms with Gasteiger partial charge in [-0.15, -0.1) is 0 Å². The van der Waals surface area contributed by atoms with Crippen LogP contribution in [0.15, 0.2) is 60.7 Å². The van der Waals surface area contributed by atoms with Gasteiger partial charge in [0, 0.05) is 13.7 Å². The fourth-order valence-electron chi connectivity index (χ4n) is 2.85. The van der Waals surface area contributed by atoms with E-state index in [0.29, 0.717) is 18.7 Å². The van der Waals surface area contributed by atoms with Crippen molar-refractivity contribution in [3.63, 3.8) is 0 Å². The van der Waals surface area contributed by atoms with Gasteiger partial charge in [-0.1, -0.05) is 74.9 Å². The summed E-state index contributed by atoms with van der Waals surface area (Å²) in [6, 6.07) is 17.6. The van der Waals surface area contributed by atoms with Crippen LogP contribution < -0.4 is 0 Å². The number of unbranched alkanes of at least 4 members (excludes halogenated alkanes) is 2. The van der Waals surface area contributed by atoms with Crippen molar-refractivity contribution in [1.82, 2.24) is 4.90 Å². The van der Waals surface area contributed by atoms with Gasteiger partial charge in [0.1, 0.15) is 6.29 Å². The van der Waals surface area contributed by atoms with Crippen LogP contribution in [0.2, 0.25) is 0 Å². The summed E-state index contributed by atoms with van der Waals surface area (Å²) in [5.41, 5.74) is 5.83. The Hall–Kier alpha value is -2.23. The van der Waals surface area contributed by atoms with E-state index in [-0.39, 0.29) is 0 Å². The van der Waals surface area contributed by atoms with Crippen LogP contribution in [0.4, 0.5) is 0 Å². The number of methoxy groups -OCH3 is 1. The summed E-state index contributed by atoms with van der Waals surface area (Å²) in [5.74, 6) is 0. The van der Waals surface area contributed by atoms with E-state index in [0.717, 1.165) is 6.29 Å². The lowest BCUT2D eigenvalue weighted by atomic mass is 10.0. The third-order valence-electron chi connectivity index (χ3n) is 4.31. The molecule has 2 rings (SSSR count). The third-order valence-corrected chi connectivity index (χ3v) is 4.31. The Morgan fingerprint density at radius 1 is 0.964 bits per heavy atom. The molecule has 0 atom stereocenters. The maximum absolute atomic E-state index is 9.91. The molecule has 0 unspecified atom stereocenters. The molecular weight excluding hydrogens is 346 g/mol. The highest BCUT2D eigenvalue weighted by molar-refractivity contribution is 5.72. The zero-order valence-electron chi connectivity index (χ0n) is 17.9. The zero-order chi connectivity index (χ0) is 20.8. The monoisotopic (exact) mass is 381 g/mol. The van der Waals surface area contributed by atoms with Crippen LogP contribution in [0.3, 0.4) is 0 Å². The molecule has 0 aliphatic rings. The van der Waals surface area contributed by atoms with Gasteiger partial charge < -0.3 is 9.64 Å². The molecule has 0 aliphatic carbocycles. The third kappa shape index (κ3) is 9.63. The first-order chi connectivity index (χ1) is 13.5. The number of likely N-dealkylation sites (N-methyl/N-ethyl adjacent to an activating group) is 1. The van der Waals surface area contributed by atoms with Crippen molar-refractivity contribution in [2.24, 2.45) is 0 Å². The smallest absolute Gasteiger partial charge is 0.146 e. The first-order valence-electron chi connectivity index (χ1n) is 9.95. The van der Waals surface area contributed by atoms with Crippen molar-refractivity contribution in [1.29, 1.82) is 0 Å². The predicted octanol–water partition coefficient (Wildman–Crippen LogP) is 5.54.